The lowest BCUT2D eigenvalue weighted by Crippen LogP contribution is -2.20. The number of hydrogen-bond acceptors (Lipinski definition) is 8. The smallest absolute Gasteiger partial charge is 0.371 e. The number of nitro groups is 1. The Kier molecular flexibility index (Phi) is 6.95. The number of nitrogens with zero attached hydrogens (tertiary/aromatic N) is 4. The van der Waals surface area contributed by atoms with Gasteiger partial charge in [-0.25, -0.2) is 10.2 Å². The number of hydrogen-bond donors (Lipinski definition) is 2. The van der Waals surface area contributed by atoms with Gasteiger partial charge in [-0.15, -0.1) is 0 Å². The minimum absolute atomic E-state index is 0.0543. The summed E-state index contributed by atoms with van der Waals surface area (Å²) in [6, 6.07) is 9.83. The van der Waals surface area contributed by atoms with Crippen molar-refractivity contribution in [1.82, 2.24) is 15.2 Å². The first-order chi connectivity index (χ1) is 15.3. The Labute approximate surface area is 181 Å². The van der Waals surface area contributed by atoms with E-state index in [2.05, 4.69) is 15.6 Å². The van der Waals surface area contributed by atoms with E-state index in [-0.39, 0.29) is 36.9 Å². The summed E-state index contributed by atoms with van der Waals surface area (Å²) < 4.78 is 12.0. The van der Waals surface area contributed by atoms with Crippen molar-refractivity contribution in [2.75, 3.05) is 0 Å². The van der Waals surface area contributed by atoms with Crippen molar-refractivity contribution >= 4 is 23.3 Å². The van der Waals surface area contributed by atoms with E-state index < -0.39 is 10.9 Å². The molecule has 1 aromatic carbocycles. The highest BCUT2D eigenvalue weighted by Gasteiger charge is 2.11. The van der Waals surface area contributed by atoms with Crippen LogP contribution in [-0.4, -0.2) is 37.4 Å². The van der Waals surface area contributed by atoms with Crippen molar-refractivity contribution in [3.05, 3.63) is 76.0 Å². The Balaban J connectivity index is 1.47. The molecule has 0 fully saturated rings. The second kappa shape index (κ2) is 10.0. The molecule has 166 valence electrons. The number of aryl methyl sites for hydroxylation is 1. The number of carboxylic acids is 1. The van der Waals surface area contributed by atoms with E-state index in [1.165, 1.54) is 23.0 Å². The fraction of sp³-hybridized carbons (Fsp3) is 0.200. The van der Waals surface area contributed by atoms with E-state index in [0.717, 1.165) is 11.8 Å². The number of carbonyl (C=O) groups excluding carboxylic acids is 1. The van der Waals surface area contributed by atoms with Gasteiger partial charge in [-0.1, -0.05) is 0 Å². The van der Waals surface area contributed by atoms with Gasteiger partial charge in [0, 0.05) is 6.42 Å². The van der Waals surface area contributed by atoms with Crippen molar-refractivity contribution in [2.45, 2.75) is 26.5 Å². The van der Waals surface area contributed by atoms with Gasteiger partial charge < -0.3 is 14.3 Å². The van der Waals surface area contributed by atoms with Crippen molar-refractivity contribution in [3.8, 4) is 5.75 Å². The van der Waals surface area contributed by atoms with E-state index in [0.29, 0.717) is 17.2 Å². The normalized spacial score (nSPS) is 11.2. The number of carboxylic acid groups (broad SMARTS) is 1. The predicted octanol–water partition coefficient (Wildman–Crippen LogP) is 2.59. The molecule has 12 heteroatoms. The summed E-state index contributed by atoms with van der Waals surface area (Å²) in [5.41, 5.74) is 3.62. The maximum atomic E-state index is 12.0. The molecule has 2 N–H and O–H groups in total. The summed E-state index contributed by atoms with van der Waals surface area (Å²) in [4.78, 5) is 32.8. The first-order valence-electron chi connectivity index (χ1n) is 9.37. The monoisotopic (exact) mass is 441 g/mol. The number of rotatable bonds is 10. The van der Waals surface area contributed by atoms with Crippen LogP contribution in [0.1, 0.15) is 35.2 Å². The van der Waals surface area contributed by atoms with E-state index in [1.807, 2.05) is 0 Å². The van der Waals surface area contributed by atoms with E-state index in [4.69, 9.17) is 14.3 Å². The fourth-order valence-corrected chi connectivity index (χ4v) is 2.57. The standard InChI is InChI=1S/C20H19N5O7/c1-13(22-23-19(26)8-9-24-11-15(10-21-24)25(29)30)14-2-4-16(5-3-14)31-12-17-6-7-18(32-17)20(27)28/h2-7,10-11H,8-9,12H2,1H3,(H,23,26)(H,27,28). The van der Waals surface area contributed by atoms with Gasteiger partial charge in [0.05, 0.1) is 17.2 Å². The highest BCUT2D eigenvalue weighted by Crippen LogP contribution is 2.16. The number of aromatic nitrogens is 2. The second-order valence-corrected chi connectivity index (χ2v) is 6.59. The average Bonchev–Trinajstić information content (AvgIpc) is 3.45. The van der Waals surface area contributed by atoms with Crippen molar-refractivity contribution < 1.29 is 28.8 Å². The molecule has 32 heavy (non-hydrogen) atoms. The molecule has 12 nitrogen and oxygen atoms in total. The zero-order valence-corrected chi connectivity index (χ0v) is 16.9. The molecule has 0 aliphatic rings. The Morgan fingerprint density at radius 1 is 1.28 bits per heavy atom. The maximum absolute atomic E-state index is 12.0. The number of hydrazone groups is 1. The first-order valence-corrected chi connectivity index (χ1v) is 9.37. The molecule has 0 aliphatic heterocycles. The lowest BCUT2D eigenvalue weighted by molar-refractivity contribution is -0.385. The summed E-state index contributed by atoms with van der Waals surface area (Å²) in [6.07, 6.45) is 2.43. The number of furan rings is 1. The van der Waals surface area contributed by atoms with Gasteiger partial charge in [-0.3, -0.25) is 19.6 Å². The summed E-state index contributed by atoms with van der Waals surface area (Å²) in [6.45, 7) is 1.99. The first kappa shape index (κ1) is 22.2. The SMILES string of the molecule is CC(=NNC(=O)CCn1cc([N+](=O)[O-])cn1)c1ccc(OCc2ccc(C(=O)O)o2)cc1. The molecule has 1 amide bonds. The maximum Gasteiger partial charge on any atom is 0.371 e. The molecule has 0 spiro atoms. The van der Waals surface area contributed by atoms with Crippen LogP contribution < -0.4 is 10.2 Å². The molecule has 3 aromatic rings. The van der Waals surface area contributed by atoms with Crippen LogP contribution in [0.5, 0.6) is 5.75 Å². The molecule has 3 rings (SSSR count). The summed E-state index contributed by atoms with van der Waals surface area (Å²) in [7, 11) is 0. The minimum Gasteiger partial charge on any atom is -0.486 e. The fourth-order valence-electron chi connectivity index (χ4n) is 2.57. The molecular formula is C20H19N5O7. The number of benzene rings is 1. The zero-order valence-electron chi connectivity index (χ0n) is 16.9. The molecule has 2 heterocycles. The summed E-state index contributed by atoms with van der Waals surface area (Å²) in [5.74, 6) is -0.725. The van der Waals surface area contributed by atoms with Gasteiger partial charge in [0.2, 0.25) is 11.7 Å². The van der Waals surface area contributed by atoms with Crippen LogP contribution in [0.25, 0.3) is 0 Å². The number of ether oxygens (including phenoxy) is 1. The zero-order chi connectivity index (χ0) is 23.1. The van der Waals surface area contributed by atoms with Crippen LogP contribution in [0.4, 0.5) is 5.69 Å². The Morgan fingerprint density at radius 2 is 2.03 bits per heavy atom. The quantitative estimate of drug-likeness (QED) is 0.275. The van der Waals surface area contributed by atoms with Gasteiger partial charge in [-0.05, 0) is 48.9 Å². The Morgan fingerprint density at radius 3 is 2.66 bits per heavy atom. The molecule has 0 bridgehead atoms. The molecule has 0 saturated carbocycles. The summed E-state index contributed by atoms with van der Waals surface area (Å²) >= 11 is 0. The Bertz CT molecular complexity index is 1150. The third-order valence-corrected chi connectivity index (χ3v) is 4.27. The number of nitrogens with one attached hydrogen (secondary N) is 1. The van der Waals surface area contributed by atoms with Crippen LogP contribution in [0.15, 0.2) is 58.3 Å². The molecule has 0 radical (unpaired) electrons. The van der Waals surface area contributed by atoms with Crippen molar-refractivity contribution in [2.24, 2.45) is 5.10 Å². The van der Waals surface area contributed by atoms with Crippen LogP contribution in [0.3, 0.4) is 0 Å². The van der Waals surface area contributed by atoms with Crippen LogP contribution >= 0.6 is 0 Å². The number of aromatic carboxylic acids is 1. The minimum atomic E-state index is -1.15. The lowest BCUT2D eigenvalue weighted by Gasteiger charge is -2.06. The van der Waals surface area contributed by atoms with Gasteiger partial charge in [0.25, 0.3) is 0 Å². The van der Waals surface area contributed by atoms with Crippen LogP contribution in [0.2, 0.25) is 0 Å². The molecular weight excluding hydrogens is 422 g/mol. The summed E-state index contributed by atoms with van der Waals surface area (Å²) in [5, 5.41) is 27.4. The highest BCUT2D eigenvalue weighted by atomic mass is 16.6. The number of carbonyl (C=O) groups is 2. The van der Waals surface area contributed by atoms with Crippen molar-refractivity contribution in [3.63, 3.8) is 0 Å². The molecule has 0 aliphatic carbocycles. The van der Waals surface area contributed by atoms with Gasteiger partial charge >= 0.3 is 11.7 Å². The molecule has 0 atom stereocenters. The van der Waals surface area contributed by atoms with Crippen LogP contribution in [0, 0.1) is 10.1 Å². The van der Waals surface area contributed by atoms with E-state index in [9.17, 15) is 19.7 Å². The molecule has 0 unspecified atom stereocenters. The average molecular weight is 441 g/mol. The molecule has 0 saturated heterocycles. The van der Waals surface area contributed by atoms with Gasteiger partial charge in [-0.2, -0.15) is 10.2 Å². The highest BCUT2D eigenvalue weighted by molar-refractivity contribution is 5.99. The van der Waals surface area contributed by atoms with E-state index in [1.54, 1.807) is 31.2 Å². The predicted molar refractivity (Wildman–Crippen MR) is 110 cm³/mol. The van der Waals surface area contributed by atoms with Crippen LogP contribution in [-0.2, 0) is 17.9 Å². The second-order valence-electron chi connectivity index (χ2n) is 6.59. The topological polar surface area (TPSA) is 162 Å². The third-order valence-electron chi connectivity index (χ3n) is 4.27. The largest absolute Gasteiger partial charge is 0.486 e. The third kappa shape index (κ3) is 6.01. The Hall–Kier alpha value is -4.48. The number of amides is 1. The molecule has 2 aromatic heterocycles. The van der Waals surface area contributed by atoms with E-state index >= 15 is 0 Å². The van der Waals surface area contributed by atoms with Crippen molar-refractivity contribution in [1.29, 1.82) is 0 Å². The lowest BCUT2D eigenvalue weighted by atomic mass is 10.1. The van der Waals surface area contributed by atoms with Gasteiger partial charge in [0.1, 0.15) is 30.5 Å². The van der Waals surface area contributed by atoms with Gasteiger partial charge in [0.15, 0.2) is 0 Å².